The highest BCUT2D eigenvalue weighted by molar-refractivity contribution is 5.17. The summed E-state index contributed by atoms with van der Waals surface area (Å²) in [7, 11) is 0. The van der Waals surface area contributed by atoms with Crippen LogP contribution < -0.4 is 0 Å². The average Bonchev–Trinajstić information content (AvgIpc) is 3.04. The summed E-state index contributed by atoms with van der Waals surface area (Å²) in [5.41, 5.74) is 0.835. The average molecular weight is 384 g/mol. The molecule has 4 fully saturated rings. The van der Waals surface area contributed by atoms with E-state index in [1.54, 1.807) is 6.20 Å². The minimum Gasteiger partial charge on any atom is -0.390 e. The monoisotopic (exact) mass is 383 g/mol. The fourth-order valence-corrected chi connectivity index (χ4v) is 8.42. The van der Waals surface area contributed by atoms with E-state index >= 15 is 0 Å². The van der Waals surface area contributed by atoms with Crippen LogP contribution >= 0.6 is 0 Å². The van der Waals surface area contributed by atoms with Crippen LogP contribution in [0.5, 0.6) is 0 Å². The van der Waals surface area contributed by atoms with Crippen molar-refractivity contribution in [2.24, 2.45) is 40.9 Å². The first-order valence-corrected chi connectivity index (χ1v) is 11.7. The first kappa shape index (κ1) is 19.1. The lowest BCUT2D eigenvalue weighted by Gasteiger charge is -2.57. The minimum atomic E-state index is -0.427. The molecule has 0 saturated heterocycles. The molecule has 0 spiro atoms. The van der Waals surface area contributed by atoms with Gasteiger partial charge in [-0.25, -0.2) is 0 Å². The van der Waals surface area contributed by atoms with Gasteiger partial charge in [-0.15, -0.1) is 0 Å². The molecule has 0 aromatic carbocycles. The largest absolute Gasteiger partial charge is 0.390 e. The maximum absolute atomic E-state index is 11.2. The van der Waals surface area contributed by atoms with Crippen molar-refractivity contribution >= 4 is 0 Å². The molecule has 154 valence electrons. The lowest BCUT2D eigenvalue weighted by Crippen LogP contribution is -2.50. The number of hydrogen-bond donors (Lipinski definition) is 2. The van der Waals surface area contributed by atoms with E-state index in [-0.39, 0.29) is 11.5 Å². The Labute approximate surface area is 170 Å². The number of aliphatic hydroxyl groups excluding tert-OH is 1. The van der Waals surface area contributed by atoms with Gasteiger partial charge in [-0.2, -0.15) is 0 Å². The summed E-state index contributed by atoms with van der Waals surface area (Å²) in [5, 5.41) is 21.8. The van der Waals surface area contributed by atoms with Crippen molar-refractivity contribution in [2.75, 3.05) is 0 Å². The molecule has 0 radical (unpaired) electrons. The Morgan fingerprint density at radius 1 is 1.00 bits per heavy atom. The Morgan fingerprint density at radius 2 is 1.82 bits per heavy atom. The maximum Gasteiger partial charge on any atom is 0.0838 e. The smallest absolute Gasteiger partial charge is 0.0838 e. The van der Waals surface area contributed by atoms with Crippen molar-refractivity contribution in [2.45, 2.75) is 83.3 Å². The van der Waals surface area contributed by atoms with E-state index in [2.05, 4.69) is 18.8 Å². The van der Waals surface area contributed by atoms with E-state index in [0.29, 0.717) is 5.92 Å². The van der Waals surface area contributed by atoms with E-state index in [1.807, 2.05) is 18.3 Å². The van der Waals surface area contributed by atoms with E-state index < -0.39 is 5.60 Å². The molecule has 4 saturated carbocycles. The zero-order valence-corrected chi connectivity index (χ0v) is 17.6. The molecule has 0 bridgehead atoms. The number of hydrogen-bond acceptors (Lipinski definition) is 3. The second kappa shape index (κ2) is 6.80. The number of aromatic nitrogens is 1. The predicted octanol–water partition coefficient (Wildman–Crippen LogP) is 5.13. The molecule has 1 unspecified atom stereocenters. The number of nitrogens with zero attached hydrogens (tertiary/aromatic N) is 1. The van der Waals surface area contributed by atoms with Gasteiger partial charge in [0.05, 0.1) is 11.7 Å². The fraction of sp³-hybridized carbons (Fsp3) is 0.800. The Morgan fingerprint density at radius 3 is 2.61 bits per heavy atom. The molecule has 0 aliphatic heterocycles. The Hall–Kier alpha value is -0.930. The second-order valence-electron chi connectivity index (χ2n) is 11.1. The van der Waals surface area contributed by atoms with Crippen molar-refractivity contribution < 1.29 is 10.2 Å². The van der Waals surface area contributed by atoms with E-state index in [1.165, 1.54) is 38.5 Å². The fourth-order valence-electron chi connectivity index (χ4n) is 8.42. The third kappa shape index (κ3) is 2.96. The molecule has 28 heavy (non-hydrogen) atoms. The topological polar surface area (TPSA) is 53.4 Å². The van der Waals surface area contributed by atoms with Crippen molar-refractivity contribution in [3.05, 3.63) is 30.1 Å². The van der Waals surface area contributed by atoms with Crippen LogP contribution in [-0.4, -0.2) is 20.8 Å². The molecule has 3 heteroatoms. The van der Waals surface area contributed by atoms with Gasteiger partial charge in [0.1, 0.15) is 0 Å². The van der Waals surface area contributed by atoms with E-state index in [4.69, 9.17) is 0 Å². The van der Waals surface area contributed by atoms with Crippen LogP contribution in [0.1, 0.15) is 83.3 Å². The van der Waals surface area contributed by atoms with Crippen molar-refractivity contribution in [1.29, 1.82) is 0 Å². The van der Waals surface area contributed by atoms with Gasteiger partial charge in [0.2, 0.25) is 0 Å². The third-order valence-electron chi connectivity index (χ3n) is 9.72. The molecule has 0 amide bonds. The van der Waals surface area contributed by atoms with Crippen molar-refractivity contribution in [1.82, 2.24) is 4.98 Å². The SMILES string of the molecule is C[C@@]1(O)CC[C@H]2[C@H](CC[C@@H]3[C@@H]2CC[C@]2(C)[C@@H](C(O)c4cccnc4)CC[C@@H]32)C1. The van der Waals surface area contributed by atoms with Gasteiger partial charge in [-0.3, -0.25) is 4.98 Å². The van der Waals surface area contributed by atoms with Crippen LogP contribution in [0.2, 0.25) is 0 Å². The number of pyridine rings is 1. The van der Waals surface area contributed by atoms with Gasteiger partial charge in [-0.05, 0) is 117 Å². The quantitative estimate of drug-likeness (QED) is 0.744. The standard InChI is InChI=1S/C25H37NO2/c1-24(28)11-9-18-16(14-24)5-6-20-19(18)10-12-25(2)21(20)7-8-22(25)23(27)17-4-3-13-26-15-17/h3-4,13,15-16,18-23,27-28H,5-12,14H2,1-2H3/t16-,18+,19-,20-,21+,22-,23?,24-,25+/m1/s1. The van der Waals surface area contributed by atoms with Gasteiger partial charge < -0.3 is 10.2 Å². The van der Waals surface area contributed by atoms with E-state index in [0.717, 1.165) is 54.4 Å². The van der Waals surface area contributed by atoms with Crippen LogP contribution in [0, 0.1) is 40.9 Å². The highest BCUT2D eigenvalue weighted by Gasteiger charge is 2.58. The summed E-state index contributed by atoms with van der Waals surface area (Å²) in [4.78, 5) is 4.25. The molecule has 1 heterocycles. The Kier molecular flexibility index (Phi) is 4.63. The summed E-state index contributed by atoms with van der Waals surface area (Å²) in [6, 6.07) is 3.99. The second-order valence-corrected chi connectivity index (χ2v) is 11.1. The summed E-state index contributed by atoms with van der Waals surface area (Å²) < 4.78 is 0. The van der Waals surface area contributed by atoms with Crippen molar-refractivity contribution in [3.63, 3.8) is 0 Å². The van der Waals surface area contributed by atoms with Gasteiger partial charge in [0.15, 0.2) is 0 Å². The van der Waals surface area contributed by atoms with Gasteiger partial charge in [0.25, 0.3) is 0 Å². The summed E-state index contributed by atoms with van der Waals surface area (Å²) >= 11 is 0. The zero-order chi connectivity index (χ0) is 19.5. The minimum absolute atomic E-state index is 0.267. The van der Waals surface area contributed by atoms with Gasteiger partial charge >= 0.3 is 0 Å². The molecule has 3 nitrogen and oxygen atoms in total. The number of aliphatic hydroxyl groups is 2. The van der Waals surface area contributed by atoms with Crippen LogP contribution in [0.15, 0.2) is 24.5 Å². The molecular weight excluding hydrogens is 346 g/mol. The molecule has 4 aliphatic carbocycles. The molecule has 1 aromatic rings. The Bertz CT molecular complexity index is 704. The normalized spacial score (nSPS) is 49.0. The molecule has 4 aliphatic rings. The first-order chi connectivity index (χ1) is 13.4. The van der Waals surface area contributed by atoms with Gasteiger partial charge in [0, 0.05) is 12.4 Å². The molecule has 2 N–H and O–H groups in total. The van der Waals surface area contributed by atoms with Crippen LogP contribution in [0.3, 0.4) is 0 Å². The van der Waals surface area contributed by atoms with Crippen LogP contribution in [0.4, 0.5) is 0 Å². The highest BCUT2D eigenvalue weighted by atomic mass is 16.3. The number of rotatable bonds is 2. The lowest BCUT2D eigenvalue weighted by atomic mass is 9.48. The summed E-state index contributed by atoms with van der Waals surface area (Å²) in [6.07, 6.45) is 14.2. The van der Waals surface area contributed by atoms with Gasteiger partial charge in [-0.1, -0.05) is 13.0 Å². The predicted molar refractivity (Wildman–Crippen MR) is 110 cm³/mol. The van der Waals surface area contributed by atoms with E-state index in [9.17, 15) is 10.2 Å². The first-order valence-electron chi connectivity index (χ1n) is 11.7. The summed E-state index contributed by atoms with van der Waals surface area (Å²) in [5.74, 6) is 4.42. The van der Waals surface area contributed by atoms with Crippen LogP contribution in [-0.2, 0) is 0 Å². The van der Waals surface area contributed by atoms with Crippen LogP contribution in [0.25, 0.3) is 0 Å². The molecule has 9 atom stereocenters. The lowest BCUT2D eigenvalue weighted by molar-refractivity contribution is -0.108. The zero-order valence-electron chi connectivity index (χ0n) is 17.6. The maximum atomic E-state index is 11.2. The van der Waals surface area contributed by atoms with Crippen molar-refractivity contribution in [3.8, 4) is 0 Å². The molecule has 5 rings (SSSR count). The molecule has 1 aromatic heterocycles. The molecular formula is C25H37NO2. The third-order valence-corrected chi connectivity index (χ3v) is 9.72. The summed E-state index contributed by atoms with van der Waals surface area (Å²) in [6.45, 7) is 4.54. The Balaban J connectivity index is 1.36. The highest BCUT2D eigenvalue weighted by Crippen LogP contribution is 2.66. The number of fused-ring (bicyclic) bond motifs is 5.